The molecular formula is C27H32N4O3. The zero-order valence-electron chi connectivity index (χ0n) is 20.0. The number of aromatic nitrogens is 2. The van der Waals surface area contributed by atoms with Crippen LogP contribution in [0.4, 0.5) is 0 Å². The van der Waals surface area contributed by atoms with Crippen LogP contribution in [0.3, 0.4) is 0 Å². The lowest BCUT2D eigenvalue weighted by molar-refractivity contribution is 0.0325. The first-order valence-electron chi connectivity index (χ1n) is 11.7. The van der Waals surface area contributed by atoms with Crippen molar-refractivity contribution >= 4 is 5.91 Å². The first-order valence-corrected chi connectivity index (χ1v) is 11.7. The summed E-state index contributed by atoms with van der Waals surface area (Å²) < 4.78 is 6.40. The van der Waals surface area contributed by atoms with E-state index in [1.807, 2.05) is 43.3 Å². The van der Waals surface area contributed by atoms with Crippen LogP contribution >= 0.6 is 0 Å². The summed E-state index contributed by atoms with van der Waals surface area (Å²) in [6.07, 6.45) is 5.00. The number of likely N-dealkylation sites (N-methyl/N-ethyl adjacent to an activating group) is 1. The fourth-order valence-corrected chi connectivity index (χ4v) is 4.28. The molecule has 0 fully saturated rings. The minimum Gasteiger partial charge on any atom is -0.472 e. The van der Waals surface area contributed by atoms with Gasteiger partial charge in [-0.15, -0.1) is 0 Å². The smallest absolute Gasteiger partial charge is 0.259 e. The molecule has 178 valence electrons. The SMILES string of the molecule is C[C@H](CO)N1C[C@H](C)[C@H](CN(C)Cc2ccccc2)Oc2ncc(-c3cccnc3)cc2C1=O. The van der Waals surface area contributed by atoms with Crippen molar-refractivity contribution in [3.8, 4) is 17.0 Å². The summed E-state index contributed by atoms with van der Waals surface area (Å²) >= 11 is 0. The maximum absolute atomic E-state index is 13.6. The largest absolute Gasteiger partial charge is 0.472 e. The molecule has 0 radical (unpaired) electrons. The molecule has 0 spiro atoms. The number of carbonyl (C=O) groups excluding carboxylic acids is 1. The number of fused-ring (bicyclic) bond motifs is 1. The van der Waals surface area contributed by atoms with E-state index in [0.29, 0.717) is 24.5 Å². The van der Waals surface area contributed by atoms with Crippen LogP contribution in [0.2, 0.25) is 0 Å². The molecule has 0 saturated heterocycles. The van der Waals surface area contributed by atoms with Gasteiger partial charge >= 0.3 is 0 Å². The summed E-state index contributed by atoms with van der Waals surface area (Å²) in [5.74, 6) is 0.194. The van der Waals surface area contributed by atoms with E-state index in [0.717, 1.165) is 17.7 Å². The fourth-order valence-electron chi connectivity index (χ4n) is 4.28. The van der Waals surface area contributed by atoms with Crippen LogP contribution in [0.25, 0.3) is 11.1 Å². The van der Waals surface area contributed by atoms with Gasteiger partial charge in [0.2, 0.25) is 5.88 Å². The van der Waals surface area contributed by atoms with Crippen molar-refractivity contribution in [1.82, 2.24) is 19.8 Å². The number of pyridine rings is 2. The second-order valence-electron chi connectivity index (χ2n) is 9.12. The highest BCUT2D eigenvalue weighted by Gasteiger charge is 2.34. The van der Waals surface area contributed by atoms with Gasteiger partial charge < -0.3 is 14.7 Å². The fraction of sp³-hybridized carbons (Fsp3) is 0.370. The third-order valence-electron chi connectivity index (χ3n) is 6.30. The van der Waals surface area contributed by atoms with E-state index in [4.69, 9.17) is 4.74 Å². The van der Waals surface area contributed by atoms with Crippen LogP contribution in [0.1, 0.15) is 29.8 Å². The number of rotatable bonds is 7. The lowest BCUT2D eigenvalue weighted by atomic mass is 9.99. The molecule has 1 aliphatic heterocycles. The summed E-state index contributed by atoms with van der Waals surface area (Å²) in [4.78, 5) is 26.3. The van der Waals surface area contributed by atoms with E-state index >= 15 is 0 Å². The van der Waals surface area contributed by atoms with Crippen molar-refractivity contribution in [2.75, 3.05) is 26.7 Å². The van der Waals surface area contributed by atoms with Gasteiger partial charge in [-0.05, 0) is 31.7 Å². The Balaban J connectivity index is 1.65. The second-order valence-corrected chi connectivity index (χ2v) is 9.12. The zero-order valence-corrected chi connectivity index (χ0v) is 20.0. The first kappa shape index (κ1) is 23.9. The van der Waals surface area contributed by atoms with Crippen LogP contribution in [0.15, 0.2) is 67.1 Å². The number of carbonyl (C=O) groups is 1. The van der Waals surface area contributed by atoms with Gasteiger partial charge in [-0.2, -0.15) is 0 Å². The van der Waals surface area contributed by atoms with Gasteiger partial charge in [0.1, 0.15) is 11.7 Å². The van der Waals surface area contributed by atoms with Crippen molar-refractivity contribution in [1.29, 1.82) is 0 Å². The average molecular weight is 461 g/mol. The van der Waals surface area contributed by atoms with Gasteiger partial charge in [-0.1, -0.05) is 43.3 Å². The van der Waals surface area contributed by atoms with E-state index in [-0.39, 0.29) is 30.6 Å². The minimum atomic E-state index is -0.314. The molecular weight excluding hydrogens is 428 g/mol. The van der Waals surface area contributed by atoms with Crippen molar-refractivity contribution in [3.63, 3.8) is 0 Å². The third-order valence-corrected chi connectivity index (χ3v) is 6.30. The molecule has 0 saturated carbocycles. The third kappa shape index (κ3) is 5.43. The number of amides is 1. The number of benzene rings is 1. The van der Waals surface area contributed by atoms with Gasteiger partial charge in [0.05, 0.1) is 12.6 Å². The van der Waals surface area contributed by atoms with Crippen molar-refractivity contribution < 1.29 is 14.6 Å². The molecule has 1 amide bonds. The number of aliphatic hydroxyl groups excluding tert-OH is 1. The van der Waals surface area contributed by atoms with E-state index in [2.05, 4.69) is 41.0 Å². The Labute approximate surface area is 201 Å². The lowest BCUT2D eigenvalue weighted by Crippen LogP contribution is -2.49. The molecule has 3 atom stereocenters. The molecule has 3 heterocycles. The van der Waals surface area contributed by atoms with Crippen molar-refractivity contribution in [2.45, 2.75) is 32.5 Å². The molecule has 1 aliphatic rings. The van der Waals surface area contributed by atoms with E-state index in [1.165, 1.54) is 5.56 Å². The monoisotopic (exact) mass is 460 g/mol. The average Bonchev–Trinajstić information content (AvgIpc) is 2.86. The van der Waals surface area contributed by atoms with Crippen LogP contribution in [-0.4, -0.2) is 69.7 Å². The second kappa shape index (κ2) is 10.8. The minimum absolute atomic E-state index is 0.0455. The molecule has 34 heavy (non-hydrogen) atoms. The van der Waals surface area contributed by atoms with Crippen LogP contribution in [0.5, 0.6) is 5.88 Å². The van der Waals surface area contributed by atoms with Gasteiger partial charge in [-0.3, -0.25) is 14.7 Å². The number of hydrogen-bond acceptors (Lipinski definition) is 6. The number of nitrogens with zero attached hydrogens (tertiary/aromatic N) is 4. The Morgan fingerprint density at radius 3 is 2.68 bits per heavy atom. The summed E-state index contributed by atoms with van der Waals surface area (Å²) in [5.41, 5.74) is 3.31. The van der Waals surface area contributed by atoms with Crippen molar-refractivity contribution in [3.05, 3.63) is 78.2 Å². The number of ether oxygens (including phenoxy) is 1. The topological polar surface area (TPSA) is 78.8 Å². The van der Waals surface area contributed by atoms with Crippen molar-refractivity contribution in [2.24, 2.45) is 5.92 Å². The van der Waals surface area contributed by atoms with Gasteiger partial charge in [0.15, 0.2) is 0 Å². The maximum Gasteiger partial charge on any atom is 0.259 e. The Hall–Kier alpha value is -3.29. The van der Waals surface area contributed by atoms with Gasteiger partial charge in [0.25, 0.3) is 5.91 Å². The zero-order chi connectivity index (χ0) is 24.1. The molecule has 7 heteroatoms. The van der Waals surface area contributed by atoms with Gasteiger partial charge in [0, 0.05) is 55.3 Å². The Kier molecular flexibility index (Phi) is 7.55. The molecule has 0 unspecified atom stereocenters. The Morgan fingerprint density at radius 1 is 1.18 bits per heavy atom. The Bertz CT molecular complexity index is 1090. The Morgan fingerprint density at radius 2 is 1.97 bits per heavy atom. The highest BCUT2D eigenvalue weighted by Crippen LogP contribution is 2.30. The molecule has 2 aromatic heterocycles. The molecule has 3 aromatic rings. The lowest BCUT2D eigenvalue weighted by Gasteiger charge is -2.37. The summed E-state index contributed by atoms with van der Waals surface area (Å²) in [7, 11) is 2.07. The quantitative estimate of drug-likeness (QED) is 0.582. The van der Waals surface area contributed by atoms with Crippen LogP contribution in [0, 0.1) is 5.92 Å². The predicted molar refractivity (Wildman–Crippen MR) is 131 cm³/mol. The van der Waals surface area contributed by atoms with Gasteiger partial charge in [-0.25, -0.2) is 4.98 Å². The maximum atomic E-state index is 13.6. The summed E-state index contributed by atoms with van der Waals surface area (Å²) in [5, 5.41) is 9.85. The summed E-state index contributed by atoms with van der Waals surface area (Å²) in [6, 6.07) is 15.6. The summed E-state index contributed by atoms with van der Waals surface area (Å²) in [6.45, 7) is 5.80. The van der Waals surface area contributed by atoms with Crippen LogP contribution in [-0.2, 0) is 6.54 Å². The first-order chi connectivity index (χ1) is 16.5. The number of hydrogen-bond donors (Lipinski definition) is 1. The molecule has 7 nitrogen and oxygen atoms in total. The molecule has 1 aromatic carbocycles. The normalized spacial score (nSPS) is 19.2. The highest BCUT2D eigenvalue weighted by atomic mass is 16.5. The predicted octanol–water partition coefficient (Wildman–Crippen LogP) is 3.50. The van der Waals surface area contributed by atoms with E-state index in [1.54, 1.807) is 23.5 Å². The molecule has 0 bridgehead atoms. The standard InChI is InChI=1S/C27H32N4O3/c1-19-15-31(20(2)18-32)27(33)24-12-23(22-10-7-11-28-13-22)14-29-26(24)34-25(19)17-30(3)16-21-8-5-4-6-9-21/h4-14,19-20,25,32H,15-18H2,1-3H3/t19-,20+,25-/m0/s1. The van der Waals surface area contributed by atoms with E-state index < -0.39 is 0 Å². The van der Waals surface area contributed by atoms with E-state index in [9.17, 15) is 9.90 Å². The molecule has 4 rings (SSSR count). The number of aliphatic hydroxyl groups is 1. The molecule has 0 aliphatic carbocycles. The molecule has 1 N–H and O–H groups in total. The highest BCUT2D eigenvalue weighted by molar-refractivity contribution is 5.98. The van der Waals surface area contributed by atoms with Crippen LogP contribution < -0.4 is 4.74 Å².